The van der Waals surface area contributed by atoms with E-state index in [1.54, 1.807) is 19.0 Å². The Labute approximate surface area is 139 Å². The van der Waals surface area contributed by atoms with Crippen LogP contribution in [0.25, 0.3) is 0 Å². The number of hydrogen-bond acceptors (Lipinski definition) is 7. The van der Waals surface area contributed by atoms with Crippen LogP contribution in [0.3, 0.4) is 0 Å². The molecule has 1 fully saturated rings. The van der Waals surface area contributed by atoms with Crippen LogP contribution in [-0.2, 0) is 4.79 Å². The number of thioether (sulfide) groups is 1. The van der Waals surface area contributed by atoms with Crippen molar-refractivity contribution in [2.75, 3.05) is 19.4 Å². The van der Waals surface area contributed by atoms with Crippen LogP contribution in [0.1, 0.15) is 39.0 Å². The molecule has 22 heavy (non-hydrogen) atoms. The predicted octanol–water partition coefficient (Wildman–Crippen LogP) is 2.75. The fraction of sp³-hybridized carbons (Fsp3) is 0.714. The van der Waals surface area contributed by atoms with Crippen LogP contribution in [0.4, 0.5) is 5.13 Å². The molecule has 1 heterocycles. The molecule has 1 amide bonds. The summed E-state index contributed by atoms with van der Waals surface area (Å²) in [7, 11) is 3.55. The first kappa shape index (κ1) is 17.0. The normalized spacial score (nSPS) is 18.3. The quantitative estimate of drug-likeness (QED) is 0.831. The highest BCUT2D eigenvalue weighted by Crippen LogP contribution is 2.35. The topological polar surface area (TPSA) is 81.9 Å². The van der Waals surface area contributed by atoms with Gasteiger partial charge in [-0.05, 0) is 19.8 Å². The third-order valence-corrected chi connectivity index (χ3v) is 6.22. The van der Waals surface area contributed by atoms with Crippen molar-refractivity contribution in [2.45, 2.75) is 54.2 Å². The van der Waals surface area contributed by atoms with Crippen LogP contribution >= 0.6 is 23.1 Å². The summed E-state index contributed by atoms with van der Waals surface area (Å²) in [6.07, 6.45) is 4.70. The SMILES string of the molecule is CNc1nnc(SC(C)C(=O)N(C)C2(C#N)CCCCC2)s1. The maximum absolute atomic E-state index is 12.7. The Bertz CT molecular complexity index is 562. The average molecular weight is 339 g/mol. The number of rotatable bonds is 5. The molecule has 1 aromatic rings. The van der Waals surface area contributed by atoms with E-state index in [9.17, 15) is 10.1 Å². The molecule has 0 spiro atoms. The highest BCUT2D eigenvalue weighted by molar-refractivity contribution is 8.02. The number of nitriles is 1. The molecular weight excluding hydrogens is 318 g/mol. The highest BCUT2D eigenvalue weighted by atomic mass is 32.2. The smallest absolute Gasteiger partial charge is 0.236 e. The van der Waals surface area contributed by atoms with Gasteiger partial charge in [0, 0.05) is 14.1 Å². The van der Waals surface area contributed by atoms with Crippen LogP contribution in [0, 0.1) is 11.3 Å². The molecule has 0 saturated heterocycles. The Morgan fingerprint density at radius 2 is 2.14 bits per heavy atom. The van der Waals surface area contributed by atoms with Crippen molar-refractivity contribution in [1.29, 1.82) is 5.26 Å². The molecule has 1 aromatic heterocycles. The summed E-state index contributed by atoms with van der Waals surface area (Å²) < 4.78 is 0.758. The molecule has 8 heteroatoms. The molecule has 0 aromatic carbocycles. The molecule has 1 saturated carbocycles. The summed E-state index contributed by atoms with van der Waals surface area (Å²) in [6.45, 7) is 1.86. The molecule has 0 aliphatic heterocycles. The van der Waals surface area contributed by atoms with Gasteiger partial charge in [-0.3, -0.25) is 4.79 Å². The average Bonchev–Trinajstić information content (AvgIpc) is 3.01. The first-order chi connectivity index (χ1) is 10.5. The standard InChI is InChI=1S/C14H21N5OS2/c1-10(21-13-18-17-12(16-2)22-13)11(20)19(3)14(9-15)7-5-4-6-8-14/h10H,4-8H2,1-3H3,(H,16,17). The number of carbonyl (C=O) groups excluding carboxylic acids is 1. The van der Waals surface area contributed by atoms with E-state index in [0.29, 0.717) is 0 Å². The number of anilines is 1. The minimum atomic E-state index is -0.637. The molecule has 1 N–H and O–H groups in total. The summed E-state index contributed by atoms with van der Waals surface area (Å²) in [5.41, 5.74) is -0.637. The van der Waals surface area contributed by atoms with E-state index >= 15 is 0 Å². The Balaban J connectivity index is 2.04. The van der Waals surface area contributed by atoms with Crippen molar-refractivity contribution < 1.29 is 4.79 Å². The molecule has 0 bridgehead atoms. The second-order valence-electron chi connectivity index (χ2n) is 5.48. The van der Waals surface area contributed by atoms with Crippen LogP contribution < -0.4 is 5.32 Å². The number of nitrogens with zero attached hydrogens (tertiary/aromatic N) is 4. The van der Waals surface area contributed by atoms with Gasteiger partial charge >= 0.3 is 0 Å². The van der Waals surface area contributed by atoms with Crippen molar-refractivity contribution in [3.63, 3.8) is 0 Å². The van der Waals surface area contributed by atoms with E-state index in [0.717, 1.165) is 41.6 Å². The lowest BCUT2D eigenvalue weighted by Gasteiger charge is -2.39. The molecule has 6 nitrogen and oxygen atoms in total. The zero-order valence-electron chi connectivity index (χ0n) is 13.1. The second kappa shape index (κ2) is 7.29. The maximum atomic E-state index is 12.7. The van der Waals surface area contributed by atoms with E-state index < -0.39 is 5.54 Å². The van der Waals surface area contributed by atoms with Gasteiger partial charge in [-0.2, -0.15) is 5.26 Å². The predicted molar refractivity (Wildman–Crippen MR) is 89.0 cm³/mol. The van der Waals surface area contributed by atoms with Crippen molar-refractivity contribution in [3.8, 4) is 6.07 Å². The number of hydrogen-bond donors (Lipinski definition) is 1. The van der Waals surface area contributed by atoms with Crippen molar-refractivity contribution in [2.24, 2.45) is 0 Å². The van der Waals surface area contributed by atoms with Gasteiger partial charge in [-0.1, -0.05) is 42.4 Å². The van der Waals surface area contributed by atoms with Gasteiger partial charge in [0.15, 0.2) is 4.34 Å². The Morgan fingerprint density at radius 1 is 1.45 bits per heavy atom. The molecule has 1 unspecified atom stereocenters. The Morgan fingerprint density at radius 3 is 2.68 bits per heavy atom. The van der Waals surface area contributed by atoms with Gasteiger partial charge in [0.05, 0.1) is 11.3 Å². The summed E-state index contributed by atoms with van der Waals surface area (Å²) in [6, 6.07) is 2.39. The van der Waals surface area contributed by atoms with Gasteiger partial charge in [-0.15, -0.1) is 10.2 Å². The van der Waals surface area contributed by atoms with Gasteiger partial charge < -0.3 is 10.2 Å². The van der Waals surface area contributed by atoms with E-state index in [4.69, 9.17) is 0 Å². The number of aromatic nitrogens is 2. The third-order valence-electron chi connectivity index (χ3n) is 4.11. The van der Waals surface area contributed by atoms with E-state index in [2.05, 4.69) is 21.6 Å². The number of nitrogens with one attached hydrogen (secondary N) is 1. The van der Waals surface area contributed by atoms with Crippen LogP contribution in [0.5, 0.6) is 0 Å². The summed E-state index contributed by atoms with van der Waals surface area (Å²) in [4.78, 5) is 14.3. The first-order valence-corrected chi connectivity index (χ1v) is 9.09. The van der Waals surface area contributed by atoms with Crippen molar-refractivity contribution in [3.05, 3.63) is 0 Å². The lowest BCUT2D eigenvalue weighted by molar-refractivity contribution is -0.133. The minimum Gasteiger partial charge on any atom is -0.363 e. The zero-order valence-corrected chi connectivity index (χ0v) is 14.8. The summed E-state index contributed by atoms with van der Waals surface area (Å²) in [5, 5.41) is 21.0. The van der Waals surface area contributed by atoms with E-state index in [1.165, 1.54) is 23.1 Å². The van der Waals surface area contributed by atoms with Crippen LogP contribution in [0.15, 0.2) is 4.34 Å². The van der Waals surface area contributed by atoms with Gasteiger partial charge in [-0.25, -0.2) is 0 Å². The highest BCUT2D eigenvalue weighted by Gasteiger charge is 2.40. The summed E-state index contributed by atoms with van der Waals surface area (Å²) >= 11 is 2.82. The first-order valence-electron chi connectivity index (χ1n) is 7.39. The fourth-order valence-electron chi connectivity index (χ4n) is 2.70. The summed E-state index contributed by atoms with van der Waals surface area (Å²) in [5.74, 6) is -0.0188. The fourth-order valence-corrected chi connectivity index (χ4v) is 4.64. The van der Waals surface area contributed by atoms with Crippen molar-refractivity contribution >= 4 is 34.1 Å². The van der Waals surface area contributed by atoms with E-state index in [-0.39, 0.29) is 11.2 Å². The molecular formula is C14H21N5OS2. The van der Waals surface area contributed by atoms with Gasteiger partial charge in [0.2, 0.25) is 11.0 Å². The number of amides is 1. The molecule has 1 aliphatic carbocycles. The second-order valence-corrected chi connectivity index (χ2v) is 8.05. The largest absolute Gasteiger partial charge is 0.363 e. The number of carbonyl (C=O) groups is 1. The maximum Gasteiger partial charge on any atom is 0.236 e. The lowest BCUT2D eigenvalue weighted by Crippen LogP contribution is -2.52. The van der Waals surface area contributed by atoms with Crippen LogP contribution in [0.2, 0.25) is 0 Å². The molecule has 1 atom stereocenters. The zero-order chi connectivity index (χ0) is 16.2. The van der Waals surface area contributed by atoms with Crippen molar-refractivity contribution in [1.82, 2.24) is 15.1 Å². The van der Waals surface area contributed by atoms with E-state index in [1.807, 2.05) is 6.92 Å². The Kier molecular flexibility index (Phi) is 5.64. The molecule has 2 rings (SSSR count). The molecule has 0 radical (unpaired) electrons. The van der Waals surface area contributed by atoms with Gasteiger partial charge in [0.1, 0.15) is 5.54 Å². The monoisotopic (exact) mass is 339 g/mol. The minimum absolute atomic E-state index is 0.0188. The van der Waals surface area contributed by atoms with Gasteiger partial charge in [0.25, 0.3) is 0 Å². The van der Waals surface area contributed by atoms with Crippen LogP contribution in [-0.4, -0.2) is 45.9 Å². The molecule has 120 valence electrons. The molecule has 1 aliphatic rings. The lowest BCUT2D eigenvalue weighted by atomic mass is 9.81. The Hall–Kier alpha value is -1.33. The third kappa shape index (κ3) is 3.52.